The van der Waals surface area contributed by atoms with E-state index in [2.05, 4.69) is 10.4 Å². The molecule has 7 heteroatoms. The van der Waals surface area contributed by atoms with Crippen molar-refractivity contribution < 1.29 is 18.7 Å². The number of nitrogens with one attached hydrogen (secondary N) is 1. The van der Waals surface area contributed by atoms with Crippen LogP contribution in [0.2, 0.25) is 0 Å². The van der Waals surface area contributed by atoms with Crippen LogP contribution in [0, 0.1) is 6.92 Å². The molecule has 2 heterocycles. The fourth-order valence-corrected chi connectivity index (χ4v) is 2.24. The third-order valence-corrected chi connectivity index (χ3v) is 3.55. The topological polar surface area (TPSA) is 86.4 Å². The van der Waals surface area contributed by atoms with Crippen molar-refractivity contribution in [2.24, 2.45) is 0 Å². The highest BCUT2D eigenvalue weighted by molar-refractivity contribution is 5.91. The van der Waals surface area contributed by atoms with Crippen molar-refractivity contribution in [2.45, 2.75) is 13.5 Å². The third kappa shape index (κ3) is 4.14. The Morgan fingerprint density at radius 2 is 2.00 bits per heavy atom. The molecule has 25 heavy (non-hydrogen) atoms. The number of benzene rings is 1. The van der Waals surface area contributed by atoms with Gasteiger partial charge in [-0.3, -0.25) is 4.79 Å². The van der Waals surface area contributed by atoms with Crippen LogP contribution in [0.15, 0.2) is 59.3 Å². The number of amides is 1. The molecule has 0 saturated heterocycles. The summed E-state index contributed by atoms with van der Waals surface area (Å²) in [5.41, 5.74) is 2.20. The van der Waals surface area contributed by atoms with Crippen LogP contribution in [0.3, 0.4) is 0 Å². The summed E-state index contributed by atoms with van der Waals surface area (Å²) in [6.45, 7) is 1.84. The lowest BCUT2D eigenvalue weighted by Gasteiger charge is -2.07. The molecular weight excluding hydrogens is 322 g/mol. The Hall–Kier alpha value is -3.35. The highest BCUT2D eigenvalue weighted by Crippen LogP contribution is 2.12. The molecule has 128 valence electrons. The second kappa shape index (κ2) is 7.48. The number of aromatic nitrogens is 2. The molecule has 1 aromatic carbocycles. The molecule has 0 aliphatic heterocycles. The number of rotatable bonds is 6. The normalized spacial score (nSPS) is 10.4. The second-order valence-corrected chi connectivity index (χ2v) is 5.36. The third-order valence-electron chi connectivity index (χ3n) is 3.55. The van der Waals surface area contributed by atoms with Gasteiger partial charge in [0.05, 0.1) is 24.1 Å². The number of carbonyl (C=O) groups excluding carboxylic acids is 2. The summed E-state index contributed by atoms with van der Waals surface area (Å²) >= 11 is 0. The lowest BCUT2D eigenvalue weighted by Crippen LogP contribution is -2.28. The first-order valence-corrected chi connectivity index (χ1v) is 7.71. The van der Waals surface area contributed by atoms with Crippen molar-refractivity contribution in [3.63, 3.8) is 0 Å². The molecule has 0 radical (unpaired) electrons. The predicted octanol–water partition coefficient (Wildman–Crippen LogP) is 2.25. The molecule has 0 aliphatic rings. The monoisotopic (exact) mass is 339 g/mol. The first kappa shape index (κ1) is 16.5. The number of aryl methyl sites for hydroxylation is 1. The molecular formula is C18H17N3O4. The summed E-state index contributed by atoms with van der Waals surface area (Å²) in [6.07, 6.45) is 3.23. The molecule has 0 spiro atoms. The number of nitrogens with zero attached hydrogens (tertiary/aromatic N) is 2. The van der Waals surface area contributed by atoms with Gasteiger partial charge in [-0.2, -0.15) is 5.10 Å². The van der Waals surface area contributed by atoms with Gasteiger partial charge in [-0.25, -0.2) is 9.48 Å². The van der Waals surface area contributed by atoms with Crippen molar-refractivity contribution >= 4 is 11.9 Å². The van der Waals surface area contributed by atoms with Gasteiger partial charge in [0.2, 0.25) is 0 Å². The predicted molar refractivity (Wildman–Crippen MR) is 89.1 cm³/mol. The number of esters is 1. The molecule has 0 unspecified atom stereocenters. The van der Waals surface area contributed by atoms with Crippen molar-refractivity contribution in [2.75, 3.05) is 6.61 Å². The van der Waals surface area contributed by atoms with E-state index in [-0.39, 0.29) is 13.2 Å². The molecule has 7 nitrogen and oxygen atoms in total. The van der Waals surface area contributed by atoms with Gasteiger partial charge in [-0.1, -0.05) is 0 Å². The van der Waals surface area contributed by atoms with E-state index in [9.17, 15) is 9.59 Å². The van der Waals surface area contributed by atoms with Gasteiger partial charge >= 0.3 is 5.97 Å². The second-order valence-electron chi connectivity index (χ2n) is 5.36. The van der Waals surface area contributed by atoms with Crippen molar-refractivity contribution in [3.05, 3.63) is 71.9 Å². The zero-order chi connectivity index (χ0) is 17.6. The lowest BCUT2D eigenvalue weighted by atomic mass is 10.2. The number of hydrogen-bond acceptors (Lipinski definition) is 5. The van der Waals surface area contributed by atoms with Gasteiger partial charge in [0.25, 0.3) is 5.91 Å². The van der Waals surface area contributed by atoms with E-state index in [4.69, 9.17) is 9.15 Å². The van der Waals surface area contributed by atoms with Crippen LogP contribution in [0.4, 0.5) is 0 Å². The Balaban J connectivity index is 1.51. The van der Waals surface area contributed by atoms with E-state index in [1.807, 2.05) is 13.0 Å². The van der Waals surface area contributed by atoms with Gasteiger partial charge in [0.15, 0.2) is 6.61 Å². The highest BCUT2D eigenvalue weighted by Gasteiger charge is 2.11. The van der Waals surface area contributed by atoms with Gasteiger partial charge in [-0.15, -0.1) is 0 Å². The number of carbonyl (C=O) groups is 2. The molecule has 0 saturated carbocycles. The largest absolute Gasteiger partial charge is 0.467 e. The van der Waals surface area contributed by atoms with E-state index in [0.717, 1.165) is 11.4 Å². The Kier molecular flexibility index (Phi) is 4.94. The molecule has 0 fully saturated rings. The lowest BCUT2D eigenvalue weighted by molar-refractivity contribution is -0.124. The van der Waals surface area contributed by atoms with Crippen LogP contribution in [0.1, 0.15) is 21.8 Å². The first-order valence-electron chi connectivity index (χ1n) is 7.71. The van der Waals surface area contributed by atoms with Crippen LogP contribution < -0.4 is 5.32 Å². The number of hydrogen-bond donors (Lipinski definition) is 1. The average molecular weight is 339 g/mol. The van der Waals surface area contributed by atoms with Crippen molar-refractivity contribution in [3.8, 4) is 5.69 Å². The van der Waals surface area contributed by atoms with Crippen LogP contribution in [0.5, 0.6) is 0 Å². The van der Waals surface area contributed by atoms with Crippen LogP contribution in [0.25, 0.3) is 5.69 Å². The molecule has 0 atom stereocenters. The van der Waals surface area contributed by atoms with E-state index in [0.29, 0.717) is 11.3 Å². The van der Waals surface area contributed by atoms with Gasteiger partial charge in [-0.05, 0) is 49.4 Å². The Bertz CT molecular complexity index is 851. The van der Waals surface area contributed by atoms with Gasteiger partial charge < -0.3 is 14.5 Å². The Morgan fingerprint density at radius 3 is 2.64 bits per heavy atom. The standard InChI is InChI=1S/C18H17N3O4/c1-13-8-9-20-21(13)15-6-4-14(5-7-15)18(23)25-12-17(22)19-11-16-3-2-10-24-16/h2-10H,11-12H2,1H3,(H,19,22). The minimum atomic E-state index is -0.558. The summed E-state index contributed by atoms with van der Waals surface area (Å²) in [5, 5.41) is 6.81. The smallest absolute Gasteiger partial charge is 0.338 e. The van der Waals surface area contributed by atoms with Gasteiger partial charge in [0.1, 0.15) is 5.76 Å². The highest BCUT2D eigenvalue weighted by atomic mass is 16.5. The maximum atomic E-state index is 12.0. The van der Waals surface area contributed by atoms with Crippen LogP contribution >= 0.6 is 0 Å². The Labute approximate surface area is 144 Å². The molecule has 3 rings (SSSR count). The van der Waals surface area contributed by atoms with E-state index in [1.54, 1.807) is 47.3 Å². The molecule has 2 aromatic heterocycles. The number of furan rings is 1. The minimum absolute atomic E-state index is 0.251. The summed E-state index contributed by atoms with van der Waals surface area (Å²) in [6, 6.07) is 12.2. The molecule has 0 bridgehead atoms. The zero-order valence-corrected chi connectivity index (χ0v) is 13.6. The minimum Gasteiger partial charge on any atom is -0.467 e. The van der Waals surface area contributed by atoms with E-state index < -0.39 is 11.9 Å². The van der Waals surface area contributed by atoms with E-state index in [1.165, 1.54) is 6.26 Å². The maximum absolute atomic E-state index is 12.0. The summed E-state index contributed by atoms with van der Waals surface area (Å²) in [5.74, 6) is -0.324. The quantitative estimate of drug-likeness (QED) is 0.696. The maximum Gasteiger partial charge on any atom is 0.338 e. The molecule has 1 N–H and O–H groups in total. The van der Waals surface area contributed by atoms with Crippen molar-refractivity contribution in [1.29, 1.82) is 0 Å². The summed E-state index contributed by atoms with van der Waals surface area (Å²) in [4.78, 5) is 23.7. The summed E-state index contributed by atoms with van der Waals surface area (Å²) < 4.78 is 11.9. The number of ether oxygens (including phenoxy) is 1. The fourth-order valence-electron chi connectivity index (χ4n) is 2.24. The van der Waals surface area contributed by atoms with Gasteiger partial charge in [0, 0.05) is 11.9 Å². The van der Waals surface area contributed by atoms with Crippen molar-refractivity contribution in [1.82, 2.24) is 15.1 Å². The molecule has 1 amide bonds. The SMILES string of the molecule is Cc1ccnn1-c1ccc(C(=O)OCC(=O)NCc2ccco2)cc1. The zero-order valence-electron chi connectivity index (χ0n) is 13.6. The first-order chi connectivity index (χ1) is 12.1. The molecule has 3 aromatic rings. The Morgan fingerprint density at radius 1 is 1.20 bits per heavy atom. The summed E-state index contributed by atoms with van der Waals surface area (Å²) in [7, 11) is 0. The van der Waals surface area contributed by atoms with Crippen LogP contribution in [-0.4, -0.2) is 28.3 Å². The van der Waals surface area contributed by atoms with E-state index >= 15 is 0 Å². The average Bonchev–Trinajstić information content (AvgIpc) is 3.29. The fraction of sp³-hybridized carbons (Fsp3) is 0.167. The van der Waals surface area contributed by atoms with Crippen LogP contribution in [-0.2, 0) is 16.1 Å². The molecule has 0 aliphatic carbocycles.